The lowest BCUT2D eigenvalue weighted by atomic mass is 9.97. The van der Waals surface area contributed by atoms with Gasteiger partial charge in [0.25, 0.3) is 0 Å². The summed E-state index contributed by atoms with van der Waals surface area (Å²) in [5.74, 6) is 0. The van der Waals surface area contributed by atoms with Crippen LogP contribution in [0, 0.1) is 6.92 Å². The van der Waals surface area contributed by atoms with Gasteiger partial charge in [-0.3, -0.25) is 4.90 Å². The van der Waals surface area contributed by atoms with Crippen molar-refractivity contribution in [2.45, 2.75) is 25.9 Å². The number of amides is 2. The van der Waals surface area contributed by atoms with Crippen molar-refractivity contribution in [2.75, 3.05) is 25.0 Å². The molecule has 0 unspecified atom stereocenters. The minimum atomic E-state index is 0.00857. The Morgan fingerprint density at radius 3 is 2.67 bits per heavy atom. The van der Waals surface area contributed by atoms with E-state index in [9.17, 15) is 4.79 Å². The van der Waals surface area contributed by atoms with E-state index < -0.39 is 0 Å². The van der Waals surface area contributed by atoms with Crippen LogP contribution in [0.1, 0.15) is 16.7 Å². The molecular formula is C20H23N3O. The summed E-state index contributed by atoms with van der Waals surface area (Å²) >= 11 is 0. The van der Waals surface area contributed by atoms with Crippen molar-refractivity contribution in [3.63, 3.8) is 0 Å². The number of fused-ring (bicyclic) bond motifs is 1. The maximum absolute atomic E-state index is 12.3. The first-order chi connectivity index (χ1) is 11.7. The van der Waals surface area contributed by atoms with Gasteiger partial charge in [-0.15, -0.1) is 0 Å². The zero-order chi connectivity index (χ0) is 16.5. The molecule has 4 heteroatoms. The maximum atomic E-state index is 12.3. The van der Waals surface area contributed by atoms with Crippen molar-refractivity contribution in [3.05, 3.63) is 65.2 Å². The van der Waals surface area contributed by atoms with Crippen molar-refractivity contribution in [1.29, 1.82) is 0 Å². The molecule has 124 valence electrons. The number of carbonyl (C=O) groups is 1. The molecule has 0 saturated carbocycles. The highest BCUT2D eigenvalue weighted by atomic mass is 16.2. The summed E-state index contributed by atoms with van der Waals surface area (Å²) in [7, 11) is 0. The molecule has 2 heterocycles. The number of carbonyl (C=O) groups excluding carboxylic acids is 1. The number of anilines is 1. The fraction of sp³-hybridized carbons (Fsp3) is 0.350. The van der Waals surface area contributed by atoms with E-state index in [4.69, 9.17) is 0 Å². The van der Waals surface area contributed by atoms with Crippen LogP contribution in [0.3, 0.4) is 0 Å². The Morgan fingerprint density at radius 2 is 1.88 bits per heavy atom. The summed E-state index contributed by atoms with van der Waals surface area (Å²) in [6, 6.07) is 17.1. The van der Waals surface area contributed by atoms with Crippen LogP contribution < -0.4 is 5.32 Å². The Kier molecular flexibility index (Phi) is 3.98. The topological polar surface area (TPSA) is 35.6 Å². The number of urea groups is 1. The zero-order valence-electron chi connectivity index (χ0n) is 14.0. The Hall–Kier alpha value is -2.33. The van der Waals surface area contributed by atoms with E-state index in [1.54, 1.807) is 0 Å². The minimum absolute atomic E-state index is 0.00857. The van der Waals surface area contributed by atoms with E-state index in [2.05, 4.69) is 34.5 Å². The van der Waals surface area contributed by atoms with Crippen LogP contribution >= 0.6 is 0 Å². The number of rotatable bonds is 2. The number of nitrogens with one attached hydrogen (secondary N) is 1. The van der Waals surface area contributed by atoms with Gasteiger partial charge in [-0.1, -0.05) is 36.4 Å². The van der Waals surface area contributed by atoms with E-state index in [1.807, 2.05) is 36.1 Å². The van der Waals surface area contributed by atoms with Crippen LogP contribution in [0.5, 0.6) is 0 Å². The van der Waals surface area contributed by atoms with Crippen LogP contribution in [-0.4, -0.2) is 41.5 Å². The van der Waals surface area contributed by atoms with Gasteiger partial charge < -0.3 is 10.2 Å². The van der Waals surface area contributed by atoms with E-state index in [0.717, 1.165) is 43.9 Å². The number of hydrogen-bond donors (Lipinski definition) is 1. The first-order valence-corrected chi connectivity index (χ1v) is 8.62. The predicted molar refractivity (Wildman–Crippen MR) is 96.1 cm³/mol. The monoisotopic (exact) mass is 321 g/mol. The lowest BCUT2D eigenvalue weighted by Crippen LogP contribution is -2.62. The first-order valence-electron chi connectivity index (χ1n) is 8.62. The molecule has 2 amide bonds. The van der Waals surface area contributed by atoms with Gasteiger partial charge in [-0.05, 0) is 42.2 Å². The third kappa shape index (κ3) is 3.02. The number of likely N-dealkylation sites (tertiary alicyclic amines) is 1. The fourth-order valence-electron chi connectivity index (χ4n) is 3.61. The van der Waals surface area contributed by atoms with Gasteiger partial charge in [-0.2, -0.15) is 0 Å². The van der Waals surface area contributed by atoms with Gasteiger partial charge in [0.2, 0.25) is 0 Å². The quantitative estimate of drug-likeness (QED) is 0.921. The average molecular weight is 321 g/mol. The van der Waals surface area contributed by atoms with Crippen LogP contribution in [0.15, 0.2) is 48.5 Å². The minimum Gasteiger partial charge on any atom is -0.321 e. The van der Waals surface area contributed by atoms with Gasteiger partial charge in [-0.25, -0.2) is 4.79 Å². The lowest BCUT2D eigenvalue weighted by Gasteiger charge is -2.46. The third-order valence-corrected chi connectivity index (χ3v) is 5.10. The number of nitrogens with zero attached hydrogens (tertiary/aromatic N) is 2. The SMILES string of the molecule is Cc1cccc(NC(=O)N2CC(N3CCc4ccccc4C3)C2)c1. The Bertz CT molecular complexity index is 752. The van der Waals surface area contributed by atoms with E-state index >= 15 is 0 Å². The van der Waals surface area contributed by atoms with Crippen molar-refractivity contribution in [2.24, 2.45) is 0 Å². The van der Waals surface area contributed by atoms with Crippen molar-refractivity contribution < 1.29 is 4.79 Å². The highest BCUT2D eigenvalue weighted by molar-refractivity contribution is 5.90. The molecule has 0 bridgehead atoms. The Balaban J connectivity index is 1.31. The molecule has 1 saturated heterocycles. The molecule has 2 aromatic rings. The zero-order valence-corrected chi connectivity index (χ0v) is 14.0. The van der Waals surface area contributed by atoms with E-state index in [0.29, 0.717) is 6.04 Å². The van der Waals surface area contributed by atoms with Crippen molar-refractivity contribution >= 4 is 11.7 Å². The molecule has 2 aliphatic rings. The second kappa shape index (κ2) is 6.29. The second-order valence-corrected chi connectivity index (χ2v) is 6.85. The number of aryl methyl sites for hydroxylation is 1. The lowest BCUT2D eigenvalue weighted by molar-refractivity contribution is 0.0528. The van der Waals surface area contributed by atoms with E-state index in [-0.39, 0.29) is 6.03 Å². The molecular weight excluding hydrogens is 298 g/mol. The Morgan fingerprint density at radius 1 is 1.08 bits per heavy atom. The molecule has 4 nitrogen and oxygen atoms in total. The molecule has 0 atom stereocenters. The molecule has 0 radical (unpaired) electrons. The molecule has 2 aromatic carbocycles. The highest BCUT2D eigenvalue weighted by Crippen LogP contribution is 2.24. The van der Waals surface area contributed by atoms with Crippen LogP contribution in [0.2, 0.25) is 0 Å². The van der Waals surface area contributed by atoms with Crippen molar-refractivity contribution in [3.8, 4) is 0 Å². The largest absolute Gasteiger partial charge is 0.321 e. The van der Waals surface area contributed by atoms with E-state index in [1.165, 1.54) is 11.1 Å². The smallest absolute Gasteiger partial charge is 0.321 e. The third-order valence-electron chi connectivity index (χ3n) is 5.10. The second-order valence-electron chi connectivity index (χ2n) is 6.85. The summed E-state index contributed by atoms with van der Waals surface area (Å²) < 4.78 is 0. The molecule has 0 aliphatic carbocycles. The molecule has 24 heavy (non-hydrogen) atoms. The summed E-state index contributed by atoms with van der Waals surface area (Å²) in [4.78, 5) is 16.7. The van der Waals surface area contributed by atoms with Crippen LogP contribution in [0.25, 0.3) is 0 Å². The normalized spacial score (nSPS) is 18.0. The van der Waals surface area contributed by atoms with Crippen molar-refractivity contribution in [1.82, 2.24) is 9.80 Å². The van der Waals surface area contributed by atoms with Crippen LogP contribution in [-0.2, 0) is 13.0 Å². The average Bonchev–Trinajstić information content (AvgIpc) is 2.53. The molecule has 2 aliphatic heterocycles. The van der Waals surface area contributed by atoms with Gasteiger partial charge in [0, 0.05) is 37.9 Å². The number of benzene rings is 2. The molecule has 0 aromatic heterocycles. The van der Waals surface area contributed by atoms with Gasteiger partial charge in [0.15, 0.2) is 0 Å². The predicted octanol–water partition coefficient (Wildman–Crippen LogP) is 3.27. The van der Waals surface area contributed by atoms with Gasteiger partial charge in [0.1, 0.15) is 0 Å². The summed E-state index contributed by atoms with van der Waals surface area (Å²) in [6.07, 6.45) is 1.11. The summed E-state index contributed by atoms with van der Waals surface area (Å²) in [5, 5.41) is 2.99. The molecule has 1 fully saturated rings. The fourth-order valence-corrected chi connectivity index (χ4v) is 3.61. The summed E-state index contributed by atoms with van der Waals surface area (Å²) in [6.45, 7) is 5.77. The molecule has 4 rings (SSSR count). The molecule has 0 spiro atoms. The standard InChI is InChI=1S/C20H23N3O/c1-15-5-4-8-18(11-15)21-20(24)23-13-19(14-23)22-10-9-16-6-2-3-7-17(16)12-22/h2-8,11,19H,9-10,12-14H2,1H3,(H,21,24). The summed E-state index contributed by atoms with van der Waals surface area (Å²) in [5.41, 5.74) is 4.94. The molecule has 1 N–H and O–H groups in total. The number of hydrogen-bond acceptors (Lipinski definition) is 2. The van der Waals surface area contributed by atoms with Gasteiger partial charge in [0.05, 0.1) is 0 Å². The van der Waals surface area contributed by atoms with Crippen LogP contribution in [0.4, 0.5) is 10.5 Å². The maximum Gasteiger partial charge on any atom is 0.321 e. The first kappa shape index (κ1) is 15.2. The van der Waals surface area contributed by atoms with Gasteiger partial charge >= 0.3 is 6.03 Å². The highest BCUT2D eigenvalue weighted by Gasteiger charge is 2.35. The Labute approximate surface area is 143 Å².